The van der Waals surface area contributed by atoms with Crippen molar-refractivity contribution in [3.8, 4) is 0 Å². The first-order chi connectivity index (χ1) is 24.0. The van der Waals surface area contributed by atoms with E-state index in [0.717, 1.165) is 50.6 Å². The van der Waals surface area contributed by atoms with Gasteiger partial charge in [-0.1, -0.05) is 118 Å². The molecule has 1 aliphatic heterocycles. The Hall–Kier alpha value is -4.17. The van der Waals surface area contributed by atoms with Crippen molar-refractivity contribution in [2.24, 2.45) is 40.5 Å². The highest BCUT2D eigenvalue weighted by molar-refractivity contribution is 5.93. The summed E-state index contributed by atoms with van der Waals surface area (Å²) >= 11 is 0. The standard InChI is InChI=1S/C47H56N2/c1-7-10-19-41-34(6)46(43-20-13-14-21-44(43)47(41)38-25-24-35-17-11-12-18-37(35)29-38)40-23-15-22-39(33(40)5)42(16-8-2)45-30-36(26-28-49-45)32(4)31-48-27-9-3/h8-12,14-15,17-19,21,23-29,33-34,39-40,42,45-46,48H,2,4,7,13,16,20,22,30-31H2,1,3,5-6H3/b19-10-,27-9-. The summed E-state index contributed by atoms with van der Waals surface area (Å²) in [5.74, 6) is 2.88. The number of fused-ring (bicyclic) bond motifs is 1. The molecule has 2 heteroatoms. The zero-order valence-electron chi connectivity index (χ0n) is 30.2. The summed E-state index contributed by atoms with van der Waals surface area (Å²) in [6.45, 7) is 18.8. The van der Waals surface area contributed by atoms with Crippen LogP contribution in [0.25, 0.3) is 16.3 Å². The van der Waals surface area contributed by atoms with Crippen LogP contribution in [-0.4, -0.2) is 18.8 Å². The molecular formula is C47H56N2. The summed E-state index contributed by atoms with van der Waals surface area (Å²) in [6.07, 6.45) is 31.6. The van der Waals surface area contributed by atoms with Crippen LogP contribution in [-0.2, 0) is 0 Å². The predicted molar refractivity (Wildman–Crippen MR) is 213 cm³/mol. The van der Waals surface area contributed by atoms with E-state index in [1.165, 1.54) is 38.6 Å². The number of hydrogen-bond donors (Lipinski definition) is 1. The van der Waals surface area contributed by atoms with Gasteiger partial charge in [0, 0.05) is 12.8 Å². The quantitative estimate of drug-likeness (QED) is 0.228. The summed E-state index contributed by atoms with van der Waals surface area (Å²) < 4.78 is 0. The number of dihydropyridines is 1. The van der Waals surface area contributed by atoms with Crippen molar-refractivity contribution >= 4 is 22.6 Å². The fourth-order valence-electron chi connectivity index (χ4n) is 9.28. The van der Waals surface area contributed by atoms with Gasteiger partial charge in [0.15, 0.2) is 0 Å². The van der Waals surface area contributed by atoms with Crippen LogP contribution in [0.1, 0.15) is 71.8 Å². The van der Waals surface area contributed by atoms with Crippen LogP contribution in [0.15, 0.2) is 149 Å². The maximum atomic E-state index is 5.13. The molecule has 0 amide bonds. The molecule has 1 N–H and O–H groups in total. The molecule has 7 unspecified atom stereocenters. The van der Waals surface area contributed by atoms with E-state index < -0.39 is 0 Å². The second-order valence-corrected chi connectivity index (χ2v) is 14.6. The van der Waals surface area contributed by atoms with E-state index in [0.29, 0.717) is 35.5 Å². The van der Waals surface area contributed by atoms with Gasteiger partial charge < -0.3 is 5.32 Å². The lowest BCUT2D eigenvalue weighted by Crippen LogP contribution is -2.40. The topological polar surface area (TPSA) is 24.4 Å². The summed E-state index contributed by atoms with van der Waals surface area (Å²) in [5.41, 5.74) is 9.90. The molecule has 3 aliphatic carbocycles. The first-order valence-electron chi connectivity index (χ1n) is 18.8. The predicted octanol–water partition coefficient (Wildman–Crippen LogP) is 11.9. The third kappa shape index (κ3) is 7.25. The van der Waals surface area contributed by atoms with Gasteiger partial charge in [0.25, 0.3) is 0 Å². The number of nitrogens with one attached hydrogen (secondary N) is 1. The SMILES string of the molecule is C=CCC(C1CC(C(=C)CN/C=C\C)=CC=N1)C1CC=CC(C2C3=C(C=CCC3)C(c3ccc4ccccc4c3)=C(/C=C\CC)C2C)C1C. The molecule has 254 valence electrons. The zero-order chi connectivity index (χ0) is 34.3. The van der Waals surface area contributed by atoms with Gasteiger partial charge in [-0.25, -0.2) is 0 Å². The monoisotopic (exact) mass is 648 g/mol. The van der Waals surface area contributed by atoms with Crippen molar-refractivity contribution in [2.75, 3.05) is 6.54 Å². The van der Waals surface area contributed by atoms with Crippen LogP contribution in [0.3, 0.4) is 0 Å². The molecule has 7 atom stereocenters. The third-order valence-electron chi connectivity index (χ3n) is 11.8. The van der Waals surface area contributed by atoms with Gasteiger partial charge in [-0.15, -0.1) is 6.58 Å². The highest BCUT2D eigenvalue weighted by Crippen LogP contribution is 2.54. The van der Waals surface area contributed by atoms with E-state index in [-0.39, 0.29) is 6.04 Å². The number of allylic oxidation sites excluding steroid dienone is 13. The Bertz CT molecular complexity index is 1780. The van der Waals surface area contributed by atoms with Crippen LogP contribution in [0.2, 0.25) is 0 Å². The number of nitrogens with zero attached hydrogens (tertiary/aromatic N) is 1. The van der Waals surface area contributed by atoms with E-state index in [4.69, 9.17) is 4.99 Å². The van der Waals surface area contributed by atoms with E-state index in [1.54, 1.807) is 5.57 Å². The first kappa shape index (κ1) is 34.7. The van der Waals surface area contributed by atoms with Gasteiger partial charge in [-0.3, -0.25) is 4.99 Å². The molecule has 0 fully saturated rings. The van der Waals surface area contributed by atoms with Crippen LogP contribution in [0.4, 0.5) is 0 Å². The highest BCUT2D eigenvalue weighted by atomic mass is 14.8. The second-order valence-electron chi connectivity index (χ2n) is 14.6. The van der Waals surface area contributed by atoms with Gasteiger partial charge in [0.2, 0.25) is 0 Å². The van der Waals surface area contributed by atoms with Crippen LogP contribution in [0.5, 0.6) is 0 Å². The molecule has 0 bridgehead atoms. The van der Waals surface area contributed by atoms with Crippen molar-refractivity contribution in [1.82, 2.24) is 5.32 Å². The van der Waals surface area contributed by atoms with Crippen LogP contribution >= 0.6 is 0 Å². The number of rotatable bonds is 12. The maximum Gasteiger partial charge on any atom is 0.0573 e. The minimum Gasteiger partial charge on any atom is -0.387 e. The summed E-state index contributed by atoms with van der Waals surface area (Å²) in [4.78, 5) is 5.13. The molecule has 0 spiro atoms. The smallest absolute Gasteiger partial charge is 0.0573 e. The van der Waals surface area contributed by atoms with E-state index >= 15 is 0 Å². The van der Waals surface area contributed by atoms with Gasteiger partial charge in [0.05, 0.1) is 6.04 Å². The van der Waals surface area contributed by atoms with E-state index in [2.05, 4.69) is 130 Å². The van der Waals surface area contributed by atoms with E-state index in [1.807, 2.05) is 25.4 Å². The number of hydrogen-bond acceptors (Lipinski definition) is 2. The zero-order valence-corrected chi connectivity index (χ0v) is 30.2. The summed E-state index contributed by atoms with van der Waals surface area (Å²) in [5, 5.41) is 5.98. The fourth-order valence-corrected chi connectivity index (χ4v) is 9.28. The average Bonchev–Trinajstić information content (AvgIpc) is 3.13. The van der Waals surface area contributed by atoms with Crippen molar-refractivity contribution in [2.45, 2.75) is 72.3 Å². The van der Waals surface area contributed by atoms with Crippen molar-refractivity contribution in [1.29, 1.82) is 0 Å². The normalized spacial score (nSPS) is 27.6. The fraction of sp³-hybridized carbons (Fsp3) is 0.383. The molecule has 4 aliphatic rings. The Morgan fingerprint density at radius 1 is 1.10 bits per heavy atom. The lowest BCUT2D eigenvalue weighted by molar-refractivity contribution is 0.130. The Morgan fingerprint density at radius 2 is 1.94 bits per heavy atom. The lowest BCUT2D eigenvalue weighted by Gasteiger charge is -2.47. The van der Waals surface area contributed by atoms with Gasteiger partial charge in [0.1, 0.15) is 0 Å². The van der Waals surface area contributed by atoms with E-state index in [9.17, 15) is 0 Å². The molecule has 0 saturated carbocycles. The Balaban J connectivity index is 1.34. The number of benzene rings is 2. The lowest BCUT2D eigenvalue weighted by atomic mass is 9.57. The second kappa shape index (κ2) is 16.0. The average molecular weight is 649 g/mol. The molecular weight excluding hydrogens is 593 g/mol. The molecule has 2 aromatic carbocycles. The largest absolute Gasteiger partial charge is 0.387 e. The van der Waals surface area contributed by atoms with Gasteiger partial charge in [-0.2, -0.15) is 0 Å². The van der Waals surface area contributed by atoms with Crippen LogP contribution in [0, 0.1) is 35.5 Å². The molecule has 49 heavy (non-hydrogen) atoms. The number of aliphatic imine (C=N–C) groups is 1. The molecule has 6 rings (SSSR count). The molecule has 0 aromatic heterocycles. The first-order valence-corrected chi connectivity index (χ1v) is 18.8. The molecule has 0 saturated heterocycles. The molecule has 2 nitrogen and oxygen atoms in total. The van der Waals surface area contributed by atoms with Crippen molar-refractivity contribution in [3.05, 3.63) is 150 Å². The summed E-state index contributed by atoms with van der Waals surface area (Å²) in [6, 6.07) is 16.1. The molecule has 1 heterocycles. The minimum absolute atomic E-state index is 0.245. The molecule has 0 radical (unpaired) electrons. The molecule has 2 aromatic rings. The maximum absolute atomic E-state index is 5.13. The van der Waals surface area contributed by atoms with Crippen LogP contribution < -0.4 is 5.32 Å². The third-order valence-corrected chi connectivity index (χ3v) is 11.8. The highest BCUT2D eigenvalue weighted by Gasteiger charge is 2.44. The minimum atomic E-state index is 0.245. The Morgan fingerprint density at radius 3 is 2.73 bits per heavy atom. The summed E-state index contributed by atoms with van der Waals surface area (Å²) in [7, 11) is 0. The van der Waals surface area contributed by atoms with Gasteiger partial charge >= 0.3 is 0 Å². The Kier molecular flexibility index (Phi) is 11.3. The van der Waals surface area contributed by atoms with Crippen molar-refractivity contribution in [3.63, 3.8) is 0 Å². The van der Waals surface area contributed by atoms with Gasteiger partial charge in [-0.05, 0) is 143 Å². The Labute approximate surface area is 296 Å². The van der Waals surface area contributed by atoms with Crippen molar-refractivity contribution < 1.29 is 0 Å².